The van der Waals surface area contributed by atoms with Crippen LogP contribution in [-0.2, 0) is 14.3 Å². The SMILES string of the molecule is Cc1nnc2c(NCCCCNC(=O)[C@@H](NC(=O)OCC(C)C)C(C)C)nc3cc(N4CC(C)OC(C)C4)ccc3n12. The lowest BCUT2D eigenvalue weighted by atomic mass is 10.0. The molecule has 3 atom stereocenters. The van der Waals surface area contributed by atoms with Crippen LogP contribution in [-0.4, -0.2) is 82.6 Å². The van der Waals surface area contributed by atoms with E-state index in [9.17, 15) is 9.59 Å². The number of hydrogen-bond acceptors (Lipinski definition) is 9. The van der Waals surface area contributed by atoms with Crippen molar-refractivity contribution in [3.05, 3.63) is 24.0 Å². The summed E-state index contributed by atoms with van der Waals surface area (Å²) in [6, 6.07) is 5.69. The fourth-order valence-corrected chi connectivity index (χ4v) is 5.19. The van der Waals surface area contributed by atoms with E-state index in [1.54, 1.807) is 0 Å². The summed E-state index contributed by atoms with van der Waals surface area (Å²) in [4.78, 5) is 32.1. The van der Waals surface area contributed by atoms with E-state index in [1.807, 2.05) is 39.0 Å². The number of nitrogens with zero attached hydrogens (tertiary/aromatic N) is 5. The van der Waals surface area contributed by atoms with Crippen molar-refractivity contribution in [1.29, 1.82) is 0 Å². The second kappa shape index (κ2) is 14.0. The number of carbonyl (C=O) groups excluding carboxylic acids is 2. The first-order chi connectivity index (χ1) is 20.0. The van der Waals surface area contributed by atoms with Gasteiger partial charge in [-0.15, -0.1) is 10.2 Å². The van der Waals surface area contributed by atoms with Gasteiger partial charge in [0.15, 0.2) is 5.82 Å². The highest BCUT2D eigenvalue weighted by Crippen LogP contribution is 2.27. The Bertz CT molecular complexity index is 1360. The Kier molecular flexibility index (Phi) is 10.4. The smallest absolute Gasteiger partial charge is 0.407 e. The Balaban J connectivity index is 1.34. The molecule has 12 nitrogen and oxygen atoms in total. The van der Waals surface area contributed by atoms with Crippen molar-refractivity contribution in [3.8, 4) is 0 Å². The number of alkyl carbamates (subject to hydrolysis) is 1. The molecule has 42 heavy (non-hydrogen) atoms. The minimum absolute atomic E-state index is 0.0678. The van der Waals surface area contributed by atoms with Gasteiger partial charge in [0.2, 0.25) is 11.6 Å². The molecule has 3 heterocycles. The van der Waals surface area contributed by atoms with E-state index >= 15 is 0 Å². The zero-order valence-corrected chi connectivity index (χ0v) is 25.9. The average Bonchev–Trinajstić information content (AvgIpc) is 3.33. The molecule has 1 aliphatic rings. The number of aryl methyl sites for hydroxylation is 1. The molecule has 0 saturated carbocycles. The van der Waals surface area contributed by atoms with E-state index in [-0.39, 0.29) is 30.0 Å². The van der Waals surface area contributed by atoms with Gasteiger partial charge in [0.05, 0.1) is 29.8 Å². The molecular formula is C30H46N8O4. The molecule has 1 fully saturated rings. The van der Waals surface area contributed by atoms with Crippen LogP contribution in [0.5, 0.6) is 0 Å². The first-order valence-electron chi connectivity index (χ1n) is 15.0. The Hall–Kier alpha value is -3.67. The van der Waals surface area contributed by atoms with Gasteiger partial charge in [-0.1, -0.05) is 27.7 Å². The van der Waals surface area contributed by atoms with Gasteiger partial charge in [-0.25, -0.2) is 9.78 Å². The summed E-state index contributed by atoms with van der Waals surface area (Å²) in [5, 5.41) is 17.7. The number of anilines is 2. The van der Waals surface area contributed by atoms with Gasteiger partial charge >= 0.3 is 6.09 Å². The van der Waals surface area contributed by atoms with Gasteiger partial charge in [0.25, 0.3) is 0 Å². The Morgan fingerprint density at radius 1 is 1.07 bits per heavy atom. The maximum absolute atomic E-state index is 12.7. The number of morpholine rings is 1. The number of rotatable bonds is 12. The first kappa shape index (κ1) is 31.3. The largest absolute Gasteiger partial charge is 0.449 e. The molecule has 0 radical (unpaired) electrons. The quantitative estimate of drug-likeness (QED) is 0.272. The lowest BCUT2D eigenvalue weighted by molar-refractivity contribution is -0.124. The molecule has 1 aliphatic heterocycles. The number of fused-ring (bicyclic) bond motifs is 3. The molecule has 1 aromatic carbocycles. The highest BCUT2D eigenvalue weighted by molar-refractivity contribution is 5.86. The van der Waals surface area contributed by atoms with Crippen LogP contribution in [0.15, 0.2) is 18.2 Å². The van der Waals surface area contributed by atoms with Crippen LogP contribution in [0, 0.1) is 18.8 Å². The fraction of sp³-hybridized carbons (Fsp3) is 0.633. The number of benzene rings is 1. The molecule has 12 heteroatoms. The van der Waals surface area contributed by atoms with E-state index in [0.717, 1.165) is 48.5 Å². The van der Waals surface area contributed by atoms with E-state index in [4.69, 9.17) is 14.5 Å². The summed E-state index contributed by atoms with van der Waals surface area (Å²) in [5.74, 6) is 1.42. The molecular weight excluding hydrogens is 536 g/mol. The summed E-state index contributed by atoms with van der Waals surface area (Å²) in [6.07, 6.45) is 1.33. The van der Waals surface area contributed by atoms with Crippen molar-refractivity contribution in [2.24, 2.45) is 11.8 Å². The van der Waals surface area contributed by atoms with Crippen LogP contribution in [0.3, 0.4) is 0 Å². The molecule has 0 bridgehead atoms. The Morgan fingerprint density at radius 2 is 1.79 bits per heavy atom. The molecule has 3 aromatic rings. The van der Waals surface area contributed by atoms with Crippen molar-refractivity contribution < 1.29 is 19.1 Å². The number of amides is 2. The second-order valence-electron chi connectivity index (χ2n) is 12.0. The maximum atomic E-state index is 12.7. The predicted molar refractivity (Wildman–Crippen MR) is 164 cm³/mol. The zero-order valence-electron chi connectivity index (χ0n) is 25.9. The Labute approximate surface area is 247 Å². The lowest BCUT2D eigenvalue weighted by Gasteiger charge is -2.36. The van der Waals surface area contributed by atoms with Crippen molar-refractivity contribution in [1.82, 2.24) is 30.2 Å². The van der Waals surface area contributed by atoms with E-state index in [0.29, 0.717) is 31.2 Å². The summed E-state index contributed by atoms with van der Waals surface area (Å²) in [5.41, 5.74) is 3.62. The Morgan fingerprint density at radius 3 is 2.48 bits per heavy atom. The molecule has 2 unspecified atom stereocenters. The van der Waals surface area contributed by atoms with E-state index in [1.165, 1.54) is 0 Å². The summed E-state index contributed by atoms with van der Waals surface area (Å²) < 4.78 is 13.1. The minimum atomic E-state index is -0.650. The van der Waals surface area contributed by atoms with Crippen LogP contribution in [0.1, 0.15) is 60.2 Å². The van der Waals surface area contributed by atoms with Crippen LogP contribution in [0.25, 0.3) is 16.7 Å². The third kappa shape index (κ3) is 7.78. The molecule has 3 N–H and O–H groups in total. The first-order valence-corrected chi connectivity index (χ1v) is 15.0. The summed E-state index contributed by atoms with van der Waals surface area (Å²) in [7, 11) is 0. The van der Waals surface area contributed by atoms with Crippen molar-refractivity contribution in [2.45, 2.75) is 79.6 Å². The normalized spacial score (nSPS) is 18.1. The van der Waals surface area contributed by atoms with Crippen LogP contribution in [0.4, 0.5) is 16.3 Å². The summed E-state index contributed by atoms with van der Waals surface area (Å²) >= 11 is 0. The highest BCUT2D eigenvalue weighted by atomic mass is 16.5. The van der Waals surface area contributed by atoms with Crippen molar-refractivity contribution in [3.63, 3.8) is 0 Å². The van der Waals surface area contributed by atoms with Gasteiger partial charge in [-0.3, -0.25) is 9.20 Å². The summed E-state index contributed by atoms with van der Waals surface area (Å²) in [6.45, 7) is 17.0. The zero-order chi connectivity index (χ0) is 30.4. The molecule has 2 amide bonds. The molecule has 1 saturated heterocycles. The number of unbranched alkanes of at least 4 members (excludes halogenated alkanes) is 1. The van der Waals surface area contributed by atoms with Crippen molar-refractivity contribution >= 4 is 40.2 Å². The minimum Gasteiger partial charge on any atom is -0.449 e. The monoisotopic (exact) mass is 582 g/mol. The van der Waals surface area contributed by atoms with Crippen LogP contribution in [0.2, 0.25) is 0 Å². The van der Waals surface area contributed by atoms with Crippen LogP contribution >= 0.6 is 0 Å². The number of nitrogens with one attached hydrogen (secondary N) is 3. The molecule has 0 aliphatic carbocycles. The molecule has 0 spiro atoms. The van der Waals surface area contributed by atoms with E-state index < -0.39 is 12.1 Å². The topological polar surface area (TPSA) is 135 Å². The maximum Gasteiger partial charge on any atom is 0.407 e. The van der Waals surface area contributed by atoms with Gasteiger partial charge in [0.1, 0.15) is 11.9 Å². The van der Waals surface area contributed by atoms with Gasteiger partial charge in [0, 0.05) is 31.9 Å². The molecule has 2 aromatic heterocycles. The van der Waals surface area contributed by atoms with Gasteiger partial charge < -0.3 is 30.3 Å². The number of aromatic nitrogens is 4. The number of hydrogen-bond donors (Lipinski definition) is 3. The fourth-order valence-electron chi connectivity index (χ4n) is 5.19. The third-order valence-electron chi connectivity index (χ3n) is 7.22. The van der Waals surface area contributed by atoms with Gasteiger partial charge in [-0.05, 0) is 63.6 Å². The highest BCUT2D eigenvalue weighted by Gasteiger charge is 2.25. The number of carbonyl (C=O) groups is 2. The van der Waals surface area contributed by atoms with Crippen LogP contribution < -0.4 is 20.9 Å². The predicted octanol–water partition coefficient (Wildman–Crippen LogP) is 3.91. The second-order valence-corrected chi connectivity index (χ2v) is 12.0. The standard InChI is InChI=1S/C30H46N8O4/c1-18(2)17-41-30(40)34-26(19(3)4)29(39)32-13-9-8-12-31-27-28-36-35-22(7)38(28)25-11-10-23(14-24(25)33-27)37-15-20(5)42-21(6)16-37/h10-11,14,18-21,26H,8-9,12-13,15-17H2,1-7H3,(H,31,33)(H,32,39)(H,34,40)/t20?,21?,26-/m0/s1. The molecule has 4 rings (SSSR count). The average molecular weight is 583 g/mol. The number of ether oxygens (including phenoxy) is 2. The van der Waals surface area contributed by atoms with Crippen molar-refractivity contribution in [2.75, 3.05) is 43.0 Å². The van der Waals surface area contributed by atoms with E-state index in [2.05, 4.69) is 63.1 Å². The molecule has 230 valence electrons. The third-order valence-corrected chi connectivity index (χ3v) is 7.22. The van der Waals surface area contributed by atoms with Gasteiger partial charge in [-0.2, -0.15) is 0 Å². The lowest BCUT2D eigenvalue weighted by Crippen LogP contribution is -2.50.